The van der Waals surface area contributed by atoms with Gasteiger partial charge in [-0.1, -0.05) is 26.7 Å². The molecule has 52 valence electrons. The summed E-state index contributed by atoms with van der Waals surface area (Å²) in [4.78, 5) is 0. The highest BCUT2D eigenvalue weighted by Gasteiger charge is 2.12. The Labute approximate surface area is 57.6 Å². The summed E-state index contributed by atoms with van der Waals surface area (Å²) in [6, 6.07) is -0.0787. The molecule has 1 heteroatoms. The van der Waals surface area contributed by atoms with Crippen molar-refractivity contribution in [3.8, 4) is 12.3 Å². The molecule has 2 unspecified atom stereocenters. The van der Waals surface area contributed by atoms with Gasteiger partial charge in [0.2, 0.25) is 0 Å². The van der Waals surface area contributed by atoms with Crippen LogP contribution in [0, 0.1) is 24.2 Å². The number of nitrogens with two attached hydrogens (primary N) is 1. The molecule has 0 saturated heterocycles. The zero-order valence-corrected chi connectivity index (χ0v) is 6.39. The molecule has 0 radical (unpaired) electrons. The average Bonchev–Trinajstić information content (AvgIpc) is 1.84. The first kappa shape index (κ1) is 8.52. The van der Waals surface area contributed by atoms with E-state index in [4.69, 9.17) is 12.2 Å². The standard InChI is InChI=1S/C8H15N/c1-5-8(9)7(4)6(2)3/h1,6-8H,9H2,2-4H3. The molecule has 0 aromatic rings. The fourth-order valence-corrected chi connectivity index (χ4v) is 0.566. The van der Waals surface area contributed by atoms with Gasteiger partial charge >= 0.3 is 0 Å². The van der Waals surface area contributed by atoms with E-state index in [0.29, 0.717) is 11.8 Å². The fraction of sp³-hybridized carbons (Fsp3) is 0.750. The highest BCUT2D eigenvalue weighted by atomic mass is 14.6. The van der Waals surface area contributed by atoms with Crippen LogP contribution in [0.4, 0.5) is 0 Å². The van der Waals surface area contributed by atoms with Crippen molar-refractivity contribution in [1.29, 1.82) is 0 Å². The van der Waals surface area contributed by atoms with Gasteiger partial charge in [-0.05, 0) is 11.8 Å². The van der Waals surface area contributed by atoms with E-state index in [2.05, 4.69) is 26.7 Å². The molecule has 0 bridgehead atoms. The summed E-state index contributed by atoms with van der Waals surface area (Å²) in [5.74, 6) is 3.53. The fourth-order valence-electron chi connectivity index (χ4n) is 0.566. The molecule has 0 aromatic carbocycles. The minimum Gasteiger partial charge on any atom is -0.317 e. The molecule has 0 amide bonds. The lowest BCUT2D eigenvalue weighted by Gasteiger charge is -2.17. The van der Waals surface area contributed by atoms with E-state index < -0.39 is 0 Å². The van der Waals surface area contributed by atoms with Crippen molar-refractivity contribution in [2.45, 2.75) is 26.8 Å². The molecule has 0 fully saturated rings. The molecule has 0 rings (SSSR count). The molecule has 0 aromatic heterocycles. The van der Waals surface area contributed by atoms with Crippen LogP contribution in [0.25, 0.3) is 0 Å². The smallest absolute Gasteiger partial charge is 0.0690 e. The van der Waals surface area contributed by atoms with Gasteiger partial charge in [0, 0.05) is 0 Å². The van der Waals surface area contributed by atoms with Gasteiger partial charge in [-0.2, -0.15) is 0 Å². The number of hydrogen-bond acceptors (Lipinski definition) is 1. The molecule has 0 aliphatic rings. The Morgan fingerprint density at radius 3 is 1.89 bits per heavy atom. The summed E-state index contributed by atoms with van der Waals surface area (Å²) in [6.07, 6.45) is 5.14. The van der Waals surface area contributed by atoms with E-state index in [9.17, 15) is 0 Å². The minimum absolute atomic E-state index is 0.0787. The Balaban J connectivity index is 3.76. The number of hydrogen-bond donors (Lipinski definition) is 1. The second-order valence-corrected chi connectivity index (χ2v) is 2.80. The van der Waals surface area contributed by atoms with Gasteiger partial charge in [0.1, 0.15) is 0 Å². The molecule has 0 spiro atoms. The van der Waals surface area contributed by atoms with E-state index in [-0.39, 0.29) is 6.04 Å². The lowest BCUT2D eigenvalue weighted by Crippen LogP contribution is -2.29. The molecule has 1 nitrogen and oxygen atoms in total. The first-order valence-corrected chi connectivity index (χ1v) is 3.31. The Morgan fingerprint density at radius 1 is 1.33 bits per heavy atom. The average molecular weight is 125 g/mol. The van der Waals surface area contributed by atoms with Crippen LogP contribution < -0.4 is 5.73 Å². The van der Waals surface area contributed by atoms with Crippen molar-refractivity contribution in [2.75, 3.05) is 0 Å². The largest absolute Gasteiger partial charge is 0.317 e. The van der Waals surface area contributed by atoms with Gasteiger partial charge in [-0.15, -0.1) is 6.42 Å². The van der Waals surface area contributed by atoms with Crippen LogP contribution in [0.3, 0.4) is 0 Å². The Kier molecular flexibility index (Phi) is 3.34. The molecule has 9 heavy (non-hydrogen) atoms. The Hall–Kier alpha value is -0.480. The van der Waals surface area contributed by atoms with Gasteiger partial charge in [-0.25, -0.2) is 0 Å². The van der Waals surface area contributed by atoms with Crippen molar-refractivity contribution in [3.05, 3.63) is 0 Å². The third-order valence-corrected chi connectivity index (χ3v) is 1.81. The van der Waals surface area contributed by atoms with Gasteiger partial charge < -0.3 is 5.73 Å². The summed E-state index contributed by atoms with van der Waals surface area (Å²) >= 11 is 0. The predicted octanol–water partition coefficient (Wildman–Crippen LogP) is 1.24. The van der Waals surface area contributed by atoms with Gasteiger partial charge in [0.15, 0.2) is 0 Å². The van der Waals surface area contributed by atoms with Crippen molar-refractivity contribution in [3.63, 3.8) is 0 Å². The summed E-state index contributed by atoms with van der Waals surface area (Å²) in [6.45, 7) is 6.33. The molecule has 0 saturated carbocycles. The van der Waals surface area contributed by atoms with Crippen LogP contribution in [0.15, 0.2) is 0 Å². The van der Waals surface area contributed by atoms with Crippen LogP contribution in [0.1, 0.15) is 20.8 Å². The quantitative estimate of drug-likeness (QED) is 0.552. The topological polar surface area (TPSA) is 26.0 Å². The molecule has 2 N–H and O–H groups in total. The summed E-state index contributed by atoms with van der Waals surface area (Å²) in [5.41, 5.74) is 5.58. The number of terminal acetylenes is 1. The normalized spacial score (nSPS) is 16.9. The Bertz CT molecular complexity index is 110. The number of rotatable bonds is 2. The van der Waals surface area contributed by atoms with Gasteiger partial charge in [0.25, 0.3) is 0 Å². The van der Waals surface area contributed by atoms with E-state index in [0.717, 1.165) is 0 Å². The van der Waals surface area contributed by atoms with Crippen LogP contribution in [-0.4, -0.2) is 6.04 Å². The lowest BCUT2D eigenvalue weighted by atomic mass is 9.91. The van der Waals surface area contributed by atoms with Crippen LogP contribution in [-0.2, 0) is 0 Å². The van der Waals surface area contributed by atoms with E-state index >= 15 is 0 Å². The maximum absolute atomic E-state index is 5.58. The first-order valence-electron chi connectivity index (χ1n) is 3.31. The van der Waals surface area contributed by atoms with E-state index in [1.807, 2.05) is 0 Å². The second-order valence-electron chi connectivity index (χ2n) is 2.80. The third kappa shape index (κ3) is 2.53. The van der Waals surface area contributed by atoms with Crippen molar-refractivity contribution < 1.29 is 0 Å². The summed E-state index contributed by atoms with van der Waals surface area (Å²) < 4.78 is 0. The molecule has 2 atom stereocenters. The van der Waals surface area contributed by atoms with E-state index in [1.54, 1.807) is 0 Å². The molecule has 0 aliphatic carbocycles. The monoisotopic (exact) mass is 125 g/mol. The zero-order chi connectivity index (χ0) is 7.44. The maximum Gasteiger partial charge on any atom is 0.0690 e. The van der Waals surface area contributed by atoms with Crippen molar-refractivity contribution >= 4 is 0 Å². The van der Waals surface area contributed by atoms with Crippen LogP contribution in [0.2, 0.25) is 0 Å². The molecular weight excluding hydrogens is 110 g/mol. The zero-order valence-electron chi connectivity index (χ0n) is 6.39. The Morgan fingerprint density at radius 2 is 1.78 bits per heavy atom. The summed E-state index contributed by atoms with van der Waals surface area (Å²) in [5, 5.41) is 0. The second kappa shape index (κ2) is 3.53. The molecule has 0 aliphatic heterocycles. The van der Waals surface area contributed by atoms with Crippen molar-refractivity contribution in [2.24, 2.45) is 17.6 Å². The maximum atomic E-state index is 5.58. The molecular formula is C8H15N. The van der Waals surface area contributed by atoms with Crippen LogP contribution in [0.5, 0.6) is 0 Å². The summed E-state index contributed by atoms with van der Waals surface area (Å²) in [7, 11) is 0. The predicted molar refractivity (Wildman–Crippen MR) is 40.8 cm³/mol. The highest BCUT2D eigenvalue weighted by molar-refractivity contribution is 4.99. The lowest BCUT2D eigenvalue weighted by molar-refractivity contribution is 0.390. The third-order valence-electron chi connectivity index (χ3n) is 1.81. The first-order chi connectivity index (χ1) is 4.09. The molecule has 0 heterocycles. The van der Waals surface area contributed by atoms with Crippen LogP contribution >= 0.6 is 0 Å². The van der Waals surface area contributed by atoms with Gasteiger partial charge in [-0.3, -0.25) is 0 Å². The van der Waals surface area contributed by atoms with Gasteiger partial charge in [0.05, 0.1) is 6.04 Å². The minimum atomic E-state index is -0.0787. The SMILES string of the molecule is C#CC(N)C(C)C(C)C. The highest BCUT2D eigenvalue weighted by Crippen LogP contribution is 2.11. The van der Waals surface area contributed by atoms with Crippen molar-refractivity contribution in [1.82, 2.24) is 0 Å². The van der Waals surface area contributed by atoms with E-state index in [1.165, 1.54) is 0 Å².